The summed E-state index contributed by atoms with van der Waals surface area (Å²) in [6.45, 7) is 0. The smallest absolute Gasteiger partial charge is 0.160 e. The van der Waals surface area contributed by atoms with Gasteiger partial charge in [-0.1, -0.05) is 194 Å². The van der Waals surface area contributed by atoms with Crippen molar-refractivity contribution < 1.29 is 0 Å². The average molecular weight is 1020 g/mol. The van der Waals surface area contributed by atoms with E-state index in [2.05, 4.69) is 247 Å². The maximum Gasteiger partial charge on any atom is 0.160 e. The molecule has 0 radical (unpaired) electrons. The van der Waals surface area contributed by atoms with Gasteiger partial charge in [0.05, 0.1) is 11.4 Å². The zero-order valence-electron chi connectivity index (χ0n) is 43.7. The molecule has 16 rings (SSSR count). The Bertz CT molecular complexity index is 4190. The lowest BCUT2D eigenvalue weighted by molar-refractivity contribution is 0.755. The maximum absolute atomic E-state index is 5.23. The Morgan fingerprint density at radius 2 is 0.525 bits per heavy atom. The average Bonchev–Trinajstić information content (AvgIpc) is 3.64. The molecule has 10 aromatic carbocycles. The largest absolute Gasteiger partial charge is 0.264 e. The van der Waals surface area contributed by atoms with Crippen molar-refractivity contribution in [3.63, 3.8) is 0 Å². The molecule has 0 N–H and O–H groups in total. The Kier molecular flexibility index (Phi) is 11.6. The lowest BCUT2D eigenvalue weighted by Gasteiger charge is -2.42. The first-order valence-corrected chi connectivity index (χ1v) is 27.4. The lowest BCUT2D eigenvalue weighted by atomic mass is 9.60. The number of hydrogen-bond acceptors (Lipinski definition) is 4. The Labute approximate surface area is 466 Å². The monoisotopic (exact) mass is 1020 g/mol. The van der Waals surface area contributed by atoms with Crippen molar-refractivity contribution in [3.8, 4) is 112 Å². The van der Waals surface area contributed by atoms with Crippen LogP contribution in [0.3, 0.4) is 0 Å². The third kappa shape index (κ3) is 8.61. The number of nitrogens with zero attached hydrogens (tertiary/aromatic N) is 4. The molecular weight excluding hydrogens is 969 g/mol. The van der Waals surface area contributed by atoms with Crippen LogP contribution in [0.1, 0.15) is 45.2 Å². The van der Waals surface area contributed by atoms with Gasteiger partial charge in [-0.3, -0.25) is 9.97 Å². The summed E-state index contributed by atoms with van der Waals surface area (Å²) in [5.41, 5.74) is 29.3. The summed E-state index contributed by atoms with van der Waals surface area (Å²) in [5.74, 6) is 0.918. The second-order valence-corrected chi connectivity index (χ2v) is 21.0. The molecular formula is C76H50N4. The minimum absolute atomic E-state index is 0.112. The minimum Gasteiger partial charge on any atom is -0.264 e. The fraction of sp³-hybridized carbons (Fsp3) is 0.0263. The van der Waals surface area contributed by atoms with Gasteiger partial charge in [0, 0.05) is 64.4 Å². The first-order valence-electron chi connectivity index (χ1n) is 27.4. The predicted octanol–water partition coefficient (Wildman–Crippen LogP) is 18.9. The molecule has 3 aliphatic carbocycles. The molecule has 3 aliphatic rings. The highest BCUT2D eigenvalue weighted by atomic mass is 14.9. The normalized spacial score (nSPS) is 13.8. The van der Waals surface area contributed by atoms with E-state index < -0.39 is 0 Å². The van der Waals surface area contributed by atoms with E-state index >= 15 is 0 Å². The SMILES string of the molecule is c1ccc(-c2cc(-c3cccc(-c4cccnc4)c3)cc(-c3cccc(-c4ccc5c(c4)C4c6ccccc6C5c5cc(-c6cccc(-c7cc(-c8cccc(-c9cccnc9)c8)nc(-c8ccccc8)n7)c6)ccc54)c3)c2)cc1. The number of rotatable bonds is 10. The van der Waals surface area contributed by atoms with Crippen LogP contribution in [-0.2, 0) is 0 Å². The molecule has 0 saturated heterocycles. The Morgan fingerprint density at radius 3 is 0.975 bits per heavy atom. The molecule has 0 aliphatic heterocycles. The van der Waals surface area contributed by atoms with Gasteiger partial charge >= 0.3 is 0 Å². The highest BCUT2D eigenvalue weighted by Gasteiger charge is 2.41. The van der Waals surface area contributed by atoms with Crippen LogP contribution in [0.5, 0.6) is 0 Å². The van der Waals surface area contributed by atoms with Gasteiger partial charge in [0.2, 0.25) is 0 Å². The van der Waals surface area contributed by atoms with Gasteiger partial charge in [-0.25, -0.2) is 9.97 Å². The molecule has 0 spiro atoms. The zero-order valence-corrected chi connectivity index (χ0v) is 43.7. The van der Waals surface area contributed by atoms with Crippen molar-refractivity contribution in [1.82, 2.24) is 19.9 Å². The highest BCUT2D eigenvalue weighted by Crippen LogP contribution is 2.57. The van der Waals surface area contributed by atoms with Crippen molar-refractivity contribution >= 4 is 0 Å². The number of benzene rings is 10. The summed E-state index contributed by atoms with van der Waals surface area (Å²) in [4.78, 5) is 19.2. The lowest BCUT2D eigenvalue weighted by Crippen LogP contribution is -2.27. The molecule has 3 aromatic heterocycles. The number of hydrogen-bond donors (Lipinski definition) is 0. The molecule has 4 heteroatoms. The predicted molar refractivity (Wildman–Crippen MR) is 327 cm³/mol. The third-order valence-corrected chi connectivity index (χ3v) is 16.2. The molecule has 2 unspecified atom stereocenters. The number of pyridine rings is 2. The van der Waals surface area contributed by atoms with Gasteiger partial charge in [-0.15, -0.1) is 0 Å². The van der Waals surface area contributed by atoms with Gasteiger partial charge in [0.15, 0.2) is 5.82 Å². The summed E-state index contributed by atoms with van der Waals surface area (Å²) in [5, 5.41) is 0. The van der Waals surface area contributed by atoms with Gasteiger partial charge < -0.3 is 0 Å². The van der Waals surface area contributed by atoms with Gasteiger partial charge in [0.1, 0.15) is 0 Å². The van der Waals surface area contributed by atoms with Gasteiger partial charge in [-0.05, 0) is 173 Å². The Morgan fingerprint density at radius 1 is 0.200 bits per heavy atom. The van der Waals surface area contributed by atoms with Crippen LogP contribution in [-0.4, -0.2) is 19.9 Å². The molecule has 0 fully saturated rings. The maximum atomic E-state index is 5.23. The highest BCUT2D eigenvalue weighted by molar-refractivity contribution is 5.86. The van der Waals surface area contributed by atoms with Crippen molar-refractivity contribution in [2.45, 2.75) is 11.8 Å². The molecule has 374 valence electrons. The molecule has 3 heterocycles. The Balaban J connectivity index is 0.777. The molecule has 2 atom stereocenters. The first kappa shape index (κ1) is 46.8. The summed E-state index contributed by atoms with van der Waals surface area (Å²) in [6.07, 6.45) is 7.46. The van der Waals surface area contributed by atoms with Crippen LogP contribution >= 0.6 is 0 Å². The summed E-state index contributed by atoms with van der Waals surface area (Å²) in [7, 11) is 0. The van der Waals surface area contributed by atoms with Crippen molar-refractivity contribution in [2.24, 2.45) is 0 Å². The number of aromatic nitrogens is 4. The quantitative estimate of drug-likeness (QED) is 0.137. The fourth-order valence-corrected chi connectivity index (χ4v) is 12.3. The molecule has 4 nitrogen and oxygen atoms in total. The topological polar surface area (TPSA) is 51.6 Å². The third-order valence-electron chi connectivity index (χ3n) is 16.2. The van der Waals surface area contributed by atoms with E-state index in [1.807, 2.05) is 48.9 Å². The summed E-state index contributed by atoms with van der Waals surface area (Å²) >= 11 is 0. The van der Waals surface area contributed by atoms with Crippen molar-refractivity contribution in [3.05, 3.63) is 325 Å². The fourth-order valence-electron chi connectivity index (χ4n) is 12.3. The van der Waals surface area contributed by atoms with Crippen molar-refractivity contribution in [2.75, 3.05) is 0 Å². The van der Waals surface area contributed by atoms with E-state index in [9.17, 15) is 0 Å². The van der Waals surface area contributed by atoms with Crippen LogP contribution in [0.2, 0.25) is 0 Å². The van der Waals surface area contributed by atoms with E-state index in [0.717, 1.165) is 55.9 Å². The second-order valence-electron chi connectivity index (χ2n) is 21.0. The standard InChI is InChI=1S/C76H50N4/c1-3-15-49(16-4-1)63-41-64(43-65(42-63)56-24-10-21-53(38-56)61-27-13-35-77-47-61)55-23-9-19-51(37-55)57-31-33-68-70(44-57)74-66-29-7-8-30-67(66)75(68)71-45-58(32-34-69(71)74)52-20-11-25-59(39-52)72-46-73(80-76(79-72)50-17-5-2-6-18-50)60-26-12-22-54(40-60)62-28-14-36-78-48-62/h1-48,74-75H. The van der Waals surface area contributed by atoms with Gasteiger partial charge in [-0.2, -0.15) is 0 Å². The van der Waals surface area contributed by atoms with E-state index in [0.29, 0.717) is 5.82 Å². The summed E-state index contributed by atoms with van der Waals surface area (Å²) < 4.78 is 0. The second kappa shape index (κ2) is 19.9. The zero-order chi connectivity index (χ0) is 52.9. The van der Waals surface area contributed by atoms with E-state index in [1.54, 1.807) is 6.20 Å². The molecule has 13 aromatic rings. The molecule has 80 heavy (non-hydrogen) atoms. The van der Waals surface area contributed by atoms with Crippen LogP contribution in [0, 0.1) is 0 Å². The van der Waals surface area contributed by atoms with E-state index in [1.165, 1.54) is 83.5 Å². The van der Waals surface area contributed by atoms with Crippen LogP contribution in [0.4, 0.5) is 0 Å². The molecule has 0 saturated carbocycles. The molecule has 0 amide bonds. The van der Waals surface area contributed by atoms with Crippen molar-refractivity contribution in [1.29, 1.82) is 0 Å². The van der Waals surface area contributed by atoms with E-state index in [-0.39, 0.29) is 11.8 Å². The van der Waals surface area contributed by atoms with Crippen LogP contribution in [0.15, 0.2) is 292 Å². The van der Waals surface area contributed by atoms with Crippen LogP contribution < -0.4 is 0 Å². The molecule has 2 bridgehead atoms. The van der Waals surface area contributed by atoms with Gasteiger partial charge in [0.25, 0.3) is 0 Å². The minimum atomic E-state index is 0.112. The first-order chi connectivity index (χ1) is 39.6. The van der Waals surface area contributed by atoms with Crippen LogP contribution in [0.25, 0.3) is 112 Å². The Hall–Kier alpha value is -10.4. The van der Waals surface area contributed by atoms with E-state index in [4.69, 9.17) is 9.97 Å². The summed E-state index contributed by atoms with van der Waals surface area (Å²) in [6, 6.07) is 97.1.